The Balaban J connectivity index is 2.04. The molecule has 0 bridgehead atoms. The van der Waals surface area contributed by atoms with Gasteiger partial charge in [-0.2, -0.15) is 4.31 Å². The third kappa shape index (κ3) is 3.81. The highest BCUT2D eigenvalue weighted by Gasteiger charge is 2.27. The van der Waals surface area contributed by atoms with Crippen molar-refractivity contribution in [3.05, 3.63) is 30.3 Å². The molecule has 1 heterocycles. The quantitative estimate of drug-likeness (QED) is 0.864. The van der Waals surface area contributed by atoms with Crippen LogP contribution in [-0.4, -0.2) is 56.3 Å². The molecule has 1 aromatic carbocycles. The average molecular weight is 311 g/mol. The smallest absolute Gasteiger partial charge is 0.243 e. The van der Waals surface area contributed by atoms with Crippen LogP contribution in [0.3, 0.4) is 0 Å². The lowest BCUT2D eigenvalue weighted by atomic mass is 10.1. The first-order chi connectivity index (χ1) is 9.91. The molecule has 1 atom stereocenters. The van der Waals surface area contributed by atoms with Crippen molar-refractivity contribution in [2.24, 2.45) is 5.73 Å². The van der Waals surface area contributed by atoms with Gasteiger partial charge >= 0.3 is 0 Å². The molecule has 1 aromatic rings. The van der Waals surface area contributed by atoms with Crippen LogP contribution < -0.4 is 5.73 Å². The molecule has 1 fully saturated rings. The molecular weight excluding hydrogens is 290 g/mol. The second-order valence-corrected chi connectivity index (χ2v) is 7.36. The first-order valence-electron chi connectivity index (χ1n) is 6.96. The van der Waals surface area contributed by atoms with E-state index in [9.17, 15) is 13.2 Å². The fraction of sp³-hybridized carbons (Fsp3) is 0.500. The Bertz CT molecular complexity index is 589. The summed E-state index contributed by atoms with van der Waals surface area (Å²) in [5.41, 5.74) is 5.84. The highest BCUT2D eigenvalue weighted by atomic mass is 32.2. The number of carbonyl (C=O) groups is 1. The number of likely N-dealkylation sites (tertiary alicyclic amines) is 1. The predicted molar refractivity (Wildman–Crippen MR) is 80.0 cm³/mol. The first kappa shape index (κ1) is 15.9. The summed E-state index contributed by atoms with van der Waals surface area (Å²) in [5, 5.41) is 0. The van der Waals surface area contributed by atoms with Gasteiger partial charge in [-0.15, -0.1) is 0 Å². The number of hydrogen-bond acceptors (Lipinski definition) is 4. The molecule has 116 valence electrons. The summed E-state index contributed by atoms with van der Waals surface area (Å²) in [4.78, 5) is 14.0. The minimum atomic E-state index is -3.63. The van der Waals surface area contributed by atoms with Crippen LogP contribution >= 0.6 is 0 Å². The lowest BCUT2D eigenvalue weighted by molar-refractivity contribution is -0.132. The summed E-state index contributed by atoms with van der Waals surface area (Å²) in [6, 6.07) is 8.09. The molecule has 0 aliphatic carbocycles. The van der Waals surface area contributed by atoms with Crippen molar-refractivity contribution in [3.63, 3.8) is 0 Å². The maximum Gasteiger partial charge on any atom is 0.243 e. The molecule has 0 aromatic heterocycles. The van der Waals surface area contributed by atoms with Gasteiger partial charge in [0, 0.05) is 26.2 Å². The van der Waals surface area contributed by atoms with Gasteiger partial charge in [0.1, 0.15) is 0 Å². The Hall–Kier alpha value is -1.44. The van der Waals surface area contributed by atoms with Gasteiger partial charge in [-0.25, -0.2) is 8.42 Å². The van der Waals surface area contributed by atoms with Gasteiger partial charge in [-0.05, 0) is 25.0 Å². The number of rotatable bonds is 4. The molecule has 2 rings (SSSR count). The van der Waals surface area contributed by atoms with E-state index in [0.29, 0.717) is 13.1 Å². The van der Waals surface area contributed by atoms with E-state index in [4.69, 9.17) is 5.73 Å². The van der Waals surface area contributed by atoms with Crippen LogP contribution in [0.1, 0.15) is 12.8 Å². The van der Waals surface area contributed by atoms with Crippen LogP contribution in [0.25, 0.3) is 0 Å². The summed E-state index contributed by atoms with van der Waals surface area (Å²) < 4.78 is 25.8. The third-order valence-electron chi connectivity index (χ3n) is 3.62. The summed E-state index contributed by atoms with van der Waals surface area (Å²) in [5.74, 6) is -0.202. The molecule has 1 unspecified atom stereocenters. The van der Waals surface area contributed by atoms with Gasteiger partial charge in [-0.1, -0.05) is 18.2 Å². The number of piperidine rings is 1. The Kier molecular flexibility index (Phi) is 4.97. The van der Waals surface area contributed by atoms with Crippen molar-refractivity contribution in [2.45, 2.75) is 23.8 Å². The molecular formula is C14H21N3O3S. The Labute approximate surface area is 125 Å². The number of nitrogens with zero attached hydrogens (tertiary/aromatic N) is 2. The SMILES string of the molecule is CN(CC(=O)N1CCCC(N)C1)S(=O)(=O)c1ccccc1. The summed E-state index contributed by atoms with van der Waals surface area (Å²) >= 11 is 0. The van der Waals surface area contributed by atoms with Gasteiger partial charge in [0.05, 0.1) is 11.4 Å². The lowest BCUT2D eigenvalue weighted by Crippen LogP contribution is -2.49. The van der Waals surface area contributed by atoms with Crippen molar-refractivity contribution in [1.82, 2.24) is 9.21 Å². The zero-order chi connectivity index (χ0) is 15.5. The van der Waals surface area contributed by atoms with Gasteiger partial charge in [0.15, 0.2) is 0 Å². The number of likely N-dealkylation sites (N-methyl/N-ethyl adjacent to an activating group) is 1. The molecule has 0 radical (unpaired) electrons. The Morgan fingerprint density at radius 1 is 1.38 bits per heavy atom. The van der Waals surface area contributed by atoms with Crippen LogP contribution in [-0.2, 0) is 14.8 Å². The summed E-state index contributed by atoms with van der Waals surface area (Å²) in [6.07, 6.45) is 1.77. The van der Waals surface area contributed by atoms with Crippen molar-refractivity contribution in [2.75, 3.05) is 26.7 Å². The third-order valence-corrected chi connectivity index (χ3v) is 5.44. The van der Waals surface area contributed by atoms with Crippen LogP contribution in [0, 0.1) is 0 Å². The van der Waals surface area contributed by atoms with E-state index in [1.165, 1.54) is 19.2 Å². The van der Waals surface area contributed by atoms with Crippen molar-refractivity contribution in [3.8, 4) is 0 Å². The van der Waals surface area contributed by atoms with Crippen molar-refractivity contribution in [1.29, 1.82) is 0 Å². The van der Waals surface area contributed by atoms with Gasteiger partial charge in [0.25, 0.3) is 0 Å². The second kappa shape index (κ2) is 6.55. The molecule has 1 aliphatic heterocycles. The Morgan fingerprint density at radius 2 is 2.05 bits per heavy atom. The summed E-state index contributed by atoms with van der Waals surface area (Å²) in [7, 11) is -2.21. The molecule has 0 saturated carbocycles. The standard InChI is InChI=1S/C14H21N3O3S/c1-16(21(19,20)13-7-3-2-4-8-13)11-14(18)17-9-5-6-12(15)10-17/h2-4,7-8,12H,5-6,9-11,15H2,1H3. The average Bonchev–Trinajstić information content (AvgIpc) is 2.48. The van der Waals surface area contributed by atoms with E-state index in [-0.39, 0.29) is 23.4 Å². The minimum absolute atomic E-state index is 0.0151. The molecule has 2 N–H and O–H groups in total. The van der Waals surface area contributed by atoms with Gasteiger partial charge in [-0.3, -0.25) is 4.79 Å². The maximum absolute atomic E-state index is 12.3. The van der Waals surface area contributed by atoms with E-state index in [1.807, 2.05) is 0 Å². The number of amides is 1. The zero-order valence-corrected chi connectivity index (χ0v) is 12.9. The molecule has 1 saturated heterocycles. The molecule has 1 amide bonds. The number of carbonyl (C=O) groups excluding carboxylic acids is 1. The molecule has 7 heteroatoms. The number of hydrogen-bond donors (Lipinski definition) is 1. The predicted octanol–water partition coefficient (Wildman–Crippen LogP) is 0.257. The zero-order valence-electron chi connectivity index (χ0n) is 12.1. The Morgan fingerprint density at radius 3 is 2.67 bits per heavy atom. The lowest BCUT2D eigenvalue weighted by Gasteiger charge is -2.31. The topological polar surface area (TPSA) is 83.7 Å². The number of sulfonamides is 1. The van der Waals surface area contributed by atoms with Gasteiger partial charge < -0.3 is 10.6 Å². The minimum Gasteiger partial charge on any atom is -0.340 e. The molecule has 6 nitrogen and oxygen atoms in total. The number of nitrogens with two attached hydrogens (primary N) is 1. The second-order valence-electron chi connectivity index (χ2n) is 5.32. The molecule has 21 heavy (non-hydrogen) atoms. The maximum atomic E-state index is 12.3. The van der Waals surface area contributed by atoms with E-state index >= 15 is 0 Å². The molecule has 1 aliphatic rings. The van der Waals surface area contributed by atoms with Crippen LogP contribution in [0.4, 0.5) is 0 Å². The first-order valence-corrected chi connectivity index (χ1v) is 8.40. The van der Waals surface area contributed by atoms with Crippen LogP contribution in [0.2, 0.25) is 0 Å². The normalized spacial score (nSPS) is 19.8. The van der Waals surface area contributed by atoms with Gasteiger partial charge in [0.2, 0.25) is 15.9 Å². The van der Waals surface area contributed by atoms with Crippen molar-refractivity contribution < 1.29 is 13.2 Å². The van der Waals surface area contributed by atoms with Crippen LogP contribution in [0.15, 0.2) is 35.2 Å². The molecule has 0 spiro atoms. The highest BCUT2D eigenvalue weighted by Crippen LogP contribution is 2.14. The van der Waals surface area contributed by atoms with Crippen molar-refractivity contribution >= 4 is 15.9 Å². The van der Waals surface area contributed by atoms with E-state index in [1.54, 1.807) is 23.1 Å². The fourth-order valence-corrected chi connectivity index (χ4v) is 3.53. The number of benzene rings is 1. The van der Waals surface area contributed by atoms with E-state index in [0.717, 1.165) is 17.1 Å². The van der Waals surface area contributed by atoms with E-state index in [2.05, 4.69) is 0 Å². The fourth-order valence-electron chi connectivity index (χ4n) is 2.38. The van der Waals surface area contributed by atoms with E-state index < -0.39 is 10.0 Å². The highest BCUT2D eigenvalue weighted by molar-refractivity contribution is 7.89. The van der Waals surface area contributed by atoms with Crippen LogP contribution in [0.5, 0.6) is 0 Å². The largest absolute Gasteiger partial charge is 0.340 e. The summed E-state index contributed by atoms with van der Waals surface area (Å²) in [6.45, 7) is 0.980. The monoisotopic (exact) mass is 311 g/mol.